The van der Waals surface area contributed by atoms with Crippen LogP contribution in [0.2, 0.25) is 5.02 Å². The Balaban J connectivity index is 1.54. The summed E-state index contributed by atoms with van der Waals surface area (Å²) in [7, 11) is 0. The number of halogens is 2. The second-order valence-corrected chi connectivity index (χ2v) is 7.78. The van der Waals surface area contributed by atoms with Gasteiger partial charge >= 0.3 is 5.97 Å². The maximum Gasteiger partial charge on any atom is 0.348 e. The normalized spacial score (nSPS) is 11.0. The number of benzene rings is 2. The maximum absolute atomic E-state index is 13.0. The molecule has 2 aromatic carbocycles. The van der Waals surface area contributed by atoms with Gasteiger partial charge in [-0.2, -0.15) is 5.10 Å². The van der Waals surface area contributed by atoms with Crippen LogP contribution in [-0.2, 0) is 4.74 Å². The molecule has 0 aliphatic carbocycles. The molecule has 0 amide bonds. The molecular weight excluding hydrogens is 415 g/mol. The van der Waals surface area contributed by atoms with Gasteiger partial charge in [-0.1, -0.05) is 11.6 Å². The SMILES string of the molecule is Cc1nn(-c2ccc(Cl)cc2)c2sc(C(=O)OCC(=O)c3ccc(F)cc3)cc12. The first kappa shape index (κ1) is 19.3. The molecule has 8 heteroatoms. The first-order valence-corrected chi connectivity index (χ1v) is 9.83. The zero-order chi connectivity index (χ0) is 20.5. The van der Waals surface area contributed by atoms with Crippen molar-refractivity contribution in [1.29, 1.82) is 0 Å². The first-order valence-electron chi connectivity index (χ1n) is 8.63. The Bertz CT molecular complexity index is 1210. The fourth-order valence-electron chi connectivity index (χ4n) is 2.83. The van der Waals surface area contributed by atoms with Gasteiger partial charge in [0.2, 0.25) is 0 Å². The Morgan fingerprint density at radius 1 is 1.14 bits per heavy atom. The van der Waals surface area contributed by atoms with Gasteiger partial charge < -0.3 is 4.74 Å². The molecule has 0 N–H and O–H groups in total. The summed E-state index contributed by atoms with van der Waals surface area (Å²) < 4.78 is 19.9. The number of Topliss-reactive ketones (excluding diaryl/α,β-unsaturated/α-hetero) is 1. The van der Waals surface area contributed by atoms with E-state index in [9.17, 15) is 14.0 Å². The van der Waals surface area contributed by atoms with Gasteiger partial charge in [0.15, 0.2) is 12.4 Å². The van der Waals surface area contributed by atoms with E-state index in [-0.39, 0.29) is 5.56 Å². The lowest BCUT2D eigenvalue weighted by atomic mass is 10.1. The highest BCUT2D eigenvalue weighted by Gasteiger charge is 2.19. The van der Waals surface area contributed by atoms with Gasteiger partial charge in [0.1, 0.15) is 15.5 Å². The summed E-state index contributed by atoms with van der Waals surface area (Å²) in [4.78, 5) is 25.7. The predicted octanol–water partition coefficient (Wildman–Crippen LogP) is 5.23. The van der Waals surface area contributed by atoms with Crippen molar-refractivity contribution in [1.82, 2.24) is 9.78 Å². The Kier molecular flexibility index (Phi) is 5.17. The molecular formula is C21H14ClFN2O3S. The average Bonchev–Trinajstić information content (AvgIpc) is 3.28. The second-order valence-electron chi connectivity index (χ2n) is 6.31. The van der Waals surface area contributed by atoms with Crippen LogP contribution < -0.4 is 0 Å². The van der Waals surface area contributed by atoms with E-state index in [2.05, 4.69) is 5.10 Å². The summed E-state index contributed by atoms with van der Waals surface area (Å²) in [6, 6.07) is 14.0. The molecule has 29 heavy (non-hydrogen) atoms. The molecule has 0 aliphatic rings. The van der Waals surface area contributed by atoms with E-state index in [0.717, 1.165) is 21.6 Å². The number of aromatic nitrogens is 2. The predicted molar refractivity (Wildman–Crippen MR) is 110 cm³/mol. The van der Waals surface area contributed by atoms with Crippen molar-refractivity contribution in [3.05, 3.63) is 81.6 Å². The molecule has 0 unspecified atom stereocenters. The Labute approximate surface area is 174 Å². The molecule has 0 atom stereocenters. The number of ether oxygens (including phenoxy) is 1. The van der Waals surface area contributed by atoms with E-state index >= 15 is 0 Å². The van der Waals surface area contributed by atoms with Gasteiger partial charge in [-0.05, 0) is 61.5 Å². The number of carbonyl (C=O) groups is 2. The number of fused-ring (bicyclic) bond motifs is 1. The largest absolute Gasteiger partial charge is 0.453 e. The van der Waals surface area contributed by atoms with Gasteiger partial charge in [-0.15, -0.1) is 11.3 Å². The minimum atomic E-state index is -0.594. The van der Waals surface area contributed by atoms with Crippen LogP contribution in [0.3, 0.4) is 0 Å². The summed E-state index contributed by atoms with van der Waals surface area (Å²) in [5.41, 5.74) is 1.87. The first-order chi connectivity index (χ1) is 13.9. The average molecular weight is 429 g/mol. The molecule has 0 saturated heterocycles. The minimum Gasteiger partial charge on any atom is -0.453 e. The summed E-state index contributed by atoms with van der Waals surface area (Å²) in [5.74, 6) is -1.43. The quantitative estimate of drug-likeness (QED) is 0.322. The molecule has 2 heterocycles. The molecule has 0 bridgehead atoms. The zero-order valence-corrected chi connectivity index (χ0v) is 16.8. The molecule has 146 valence electrons. The van der Waals surface area contributed by atoms with Crippen molar-refractivity contribution in [3.63, 3.8) is 0 Å². The Morgan fingerprint density at radius 3 is 2.52 bits per heavy atom. The second kappa shape index (κ2) is 7.77. The highest BCUT2D eigenvalue weighted by atomic mass is 35.5. The van der Waals surface area contributed by atoms with Crippen molar-refractivity contribution in [2.75, 3.05) is 6.61 Å². The molecule has 0 aliphatic heterocycles. The van der Waals surface area contributed by atoms with E-state index in [1.54, 1.807) is 22.9 Å². The topological polar surface area (TPSA) is 61.2 Å². The summed E-state index contributed by atoms with van der Waals surface area (Å²) >= 11 is 7.18. The fraction of sp³-hybridized carbons (Fsp3) is 0.0952. The zero-order valence-electron chi connectivity index (χ0n) is 15.2. The number of thiophene rings is 1. The fourth-order valence-corrected chi connectivity index (χ4v) is 4.03. The van der Waals surface area contributed by atoms with Crippen molar-refractivity contribution in [2.24, 2.45) is 0 Å². The van der Waals surface area contributed by atoms with E-state index < -0.39 is 24.2 Å². The number of carbonyl (C=O) groups excluding carboxylic acids is 2. The van der Waals surface area contributed by atoms with Crippen molar-refractivity contribution < 1.29 is 18.7 Å². The lowest BCUT2D eigenvalue weighted by Gasteiger charge is -2.03. The van der Waals surface area contributed by atoms with Crippen LogP contribution in [0.5, 0.6) is 0 Å². The molecule has 5 nitrogen and oxygen atoms in total. The summed E-state index contributed by atoms with van der Waals surface area (Å²) in [5, 5.41) is 5.97. The number of ketones is 1. The summed E-state index contributed by atoms with van der Waals surface area (Å²) in [6.45, 7) is 1.44. The van der Waals surface area contributed by atoms with E-state index in [1.807, 2.05) is 19.1 Å². The third kappa shape index (κ3) is 3.92. The van der Waals surface area contributed by atoms with Crippen LogP contribution >= 0.6 is 22.9 Å². The highest BCUT2D eigenvalue weighted by Crippen LogP contribution is 2.31. The molecule has 2 aromatic heterocycles. The smallest absolute Gasteiger partial charge is 0.348 e. The Morgan fingerprint density at radius 2 is 1.83 bits per heavy atom. The van der Waals surface area contributed by atoms with Gasteiger partial charge in [-0.3, -0.25) is 4.79 Å². The van der Waals surface area contributed by atoms with E-state index in [1.165, 1.54) is 35.6 Å². The Hall–Kier alpha value is -3.03. The third-order valence-electron chi connectivity index (χ3n) is 4.32. The van der Waals surface area contributed by atoms with Crippen LogP contribution in [-0.4, -0.2) is 28.1 Å². The third-order valence-corrected chi connectivity index (χ3v) is 5.66. The van der Waals surface area contributed by atoms with Crippen molar-refractivity contribution in [3.8, 4) is 5.69 Å². The minimum absolute atomic E-state index is 0.282. The van der Waals surface area contributed by atoms with E-state index in [4.69, 9.17) is 16.3 Å². The summed E-state index contributed by atoms with van der Waals surface area (Å²) in [6.07, 6.45) is 0. The van der Waals surface area contributed by atoms with Crippen LogP contribution in [0.1, 0.15) is 25.7 Å². The van der Waals surface area contributed by atoms with E-state index in [0.29, 0.717) is 9.90 Å². The van der Waals surface area contributed by atoms with Crippen LogP contribution in [0, 0.1) is 12.7 Å². The standard InChI is InChI=1S/C21H14ClFN2O3S/c1-12-17-10-19(21(27)28-11-18(26)13-2-6-15(23)7-3-13)29-20(17)25(24-12)16-8-4-14(22)5-9-16/h2-10H,11H2,1H3. The lowest BCUT2D eigenvalue weighted by Crippen LogP contribution is -2.13. The monoisotopic (exact) mass is 428 g/mol. The van der Waals surface area contributed by atoms with Gasteiger partial charge in [0, 0.05) is 16.0 Å². The molecule has 0 spiro atoms. The van der Waals surface area contributed by atoms with Crippen molar-refractivity contribution >= 4 is 44.9 Å². The lowest BCUT2D eigenvalue weighted by molar-refractivity contribution is 0.0479. The number of hydrogen-bond acceptors (Lipinski definition) is 5. The van der Waals surface area contributed by atoms with Crippen molar-refractivity contribution in [2.45, 2.75) is 6.92 Å². The number of aryl methyl sites for hydroxylation is 1. The number of nitrogens with zero attached hydrogens (tertiary/aromatic N) is 2. The van der Waals surface area contributed by atoms with Gasteiger partial charge in [-0.25, -0.2) is 13.9 Å². The number of rotatable bonds is 5. The molecule has 0 fully saturated rings. The van der Waals surface area contributed by atoms with Gasteiger partial charge in [0.05, 0.1) is 11.4 Å². The van der Waals surface area contributed by atoms with Crippen LogP contribution in [0.25, 0.3) is 15.9 Å². The molecule has 0 saturated carbocycles. The molecule has 4 aromatic rings. The molecule has 0 radical (unpaired) electrons. The molecule has 4 rings (SSSR count). The van der Waals surface area contributed by atoms with Gasteiger partial charge in [0.25, 0.3) is 0 Å². The highest BCUT2D eigenvalue weighted by molar-refractivity contribution is 7.20. The van der Waals surface area contributed by atoms with Crippen LogP contribution in [0.4, 0.5) is 4.39 Å². The number of hydrogen-bond donors (Lipinski definition) is 0. The maximum atomic E-state index is 13.0. The van der Waals surface area contributed by atoms with Crippen LogP contribution in [0.15, 0.2) is 54.6 Å². The number of esters is 1.